The molecule has 2 nitrogen and oxygen atoms in total. The summed E-state index contributed by atoms with van der Waals surface area (Å²) < 4.78 is 2.33. The van der Waals surface area contributed by atoms with Crippen LogP contribution in [0.15, 0.2) is 182 Å². The van der Waals surface area contributed by atoms with Gasteiger partial charge in [-0.25, -0.2) is 4.98 Å². The third-order valence-corrected chi connectivity index (χ3v) is 11.0. The summed E-state index contributed by atoms with van der Waals surface area (Å²) in [6, 6.07) is 46.8. The summed E-state index contributed by atoms with van der Waals surface area (Å²) in [6.07, 6.45) is 16.1. The normalized spacial score (nSPS) is 15.8. The number of rotatable bonds is 5. The zero-order valence-corrected chi connectivity index (χ0v) is 29.1. The van der Waals surface area contributed by atoms with Crippen molar-refractivity contribution in [3.05, 3.63) is 209 Å². The minimum Gasteiger partial charge on any atom is -0.292 e. The van der Waals surface area contributed by atoms with Crippen LogP contribution < -0.4 is 10.4 Å². The van der Waals surface area contributed by atoms with Crippen LogP contribution in [0.3, 0.4) is 0 Å². The van der Waals surface area contributed by atoms with E-state index >= 15 is 0 Å². The molecule has 0 radical (unpaired) electrons. The first kappa shape index (κ1) is 30.3. The van der Waals surface area contributed by atoms with E-state index in [0.29, 0.717) is 0 Å². The van der Waals surface area contributed by atoms with Gasteiger partial charge in [-0.05, 0) is 115 Å². The molecule has 0 fully saturated rings. The Hall–Kier alpha value is -6.51. The Balaban J connectivity index is 1.31. The van der Waals surface area contributed by atoms with Crippen molar-refractivity contribution in [1.82, 2.24) is 9.38 Å². The second kappa shape index (κ2) is 12.1. The van der Waals surface area contributed by atoms with E-state index in [4.69, 9.17) is 4.98 Å². The molecular formula is C50H36N2. The van der Waals surface area contributed by atoms with Crippen molar-refractivity contribution in [3.8, 4) is 0 Å². The van der Waals surface area contributed by atoms with Crippen LogP contribution >= 0.6 is 0 Å². The zero-order valence-electron chi connectivity index (χ0n) is 29.1. The van der Waals surface area contributed by atoms with Gasteiger partial charge in [0.25, 0.3) is 0 Å². The summed E-state index contributed by atoms with van der Waals surface area (Å²) in [5.41, 5.74) is 13.0. The number of allylic oxidation sites excluding steroid dienone is 9. The van der Waals surface area contributed by atoms with Crippen molar-refractivity contribution in [2.75, 3.05) is 0 Å². The van der Waals surface area contributed by atoms with Crippen molar-refractivity contribution in [2.45, 2.75) is 13.3 Å². The van der Waals surface area contributed by atoms with Gasteiger partial charge in [-0.15, -0.1) is 0 Å². The predicted octanol–water partition coefficient (Wildman–Crippen LogP) is 11.0. The van der Waals surface area contributed by atoms with Crippen LogP contribution in [-0.4, -0.2) is 9.38 Å². The first-order valence-corrected chi connectivity index (χ1v) is 18.1. The third-order valence-electron chi connectivity index (χ3n) is 11.0. The second-order valence-electron chi connectivity index (χ2n) is 13.9. The highest BCUT2D eigenvalue weighted by Gasteiger charge is 2.30. The van der Waals surface area contributed by atoms with Gasteiger partial charge in [0.15, 0.2) is 0 Å². The second-order valence-corrected chi connectivity index (χ2v) is 13.9. The minimum absolute atomic E-state index is 0.197. The van der Waals surface area contributed by atoms with Gasteiger partial charge in [0.1, 0.15) is 5.65 Å². The number of pyridine rings is 1. The number of fused-ring (bicyclic) bond motifs is 11. The van der Waals surface area contributed by atoms with E-state index in [0.717, 1.165) is 39.6 Å². The van der Waals surface area contributed by atoms with Crippen LogP contribution in [0, 0.1) is 5.92 Å². The maximum absolute atomic E-state index is 5.18. The Bertz CT molecular complexity index is 3070. The van der Waals surface area contributed by atoms with Crippen LogP contribution in [0.4, 0.5) is 0 Å². The lowest BCUT2D eigenvalue weighted by Crippen LogP contribution is -2.38. The van der Waals surface area contributed by atoms with Crippen molar-refractivity contribution < 1.29 is 0 Å². The molecule has 1 unspecified atom stereocenters. The molecule has 0 aliphatic heterocycles. The Morgan fingerprint density at radius 2 is 1.52 bits per heavy atom. The first-order chi connectivity index (χ1) is 25.7. The van der Waals surface area contributed by atoms with Gasteiger partial charge in [0.2, 0.25) is 0 Å². The number of benzene rings is 6. The summed E-state index contributed by atoms with van der Waals surface area (Å²) in [5.74, 6) is 0.197. The highest BCUT2D eigenvalue weighted by Crippen LogP contribution is 2.42. The van der Waals surface area contributed by atoms with Gasteiger partial charge in [-0.1, -0.05) is 140 Å². The number of hydrogen-bond donors (Lipinski definition) is 0. The summed E-state index contributed by atoms with van der Waals surface area (Å²) in [4.78, 5) is 5.18. The fourth-order valence-electron chi connectivity index (χ4n) is 8.57. The van der Waals surface area contributed by atoms with Gasteiger partial charge in [0, 0.05) is 16.7 Å². The average molecular weight is 665 g/mol. The monoisotopic (exact) mass is 664 g/mol. The first-order valence-electron chi connectivity index (χ1n) is 18.1. The third kappa shape index (κ3) is 4.68. The van der Waals surface area contributed by atoms with Gasteiger partial charge < -0.3 is 0 Å². The molecule has 0 N–H and O–H groups in total. The molecule has 2 heteroatoms. The van der Waals surface area contributed by atoms with Gasteiger partial charge >= 0.3 is 0 Å². The lowest BCUT2D eigenvalue weighted by Gasteiger charge is -2.31. The molecule has 1 atom stereocenters. The number of hydrogen-bond acceptors (Lipinski definition) is 1. The molecule has 246 valence electrons. The molecule has 6 aromatic carbocycles. The lowest BCUT2D eigenvalue weighted by atomic mass is 9.72. The lowest BCUT2D eigenvalue weighted by molar-refractivity contribution is 0.798. The maximum atomic E-state index is 5.18. The molecular weight excluding hydrogens is 629 g/mol. The van der Waals surface area contributed by atoms with Crippen LogP contribution in [-0.2, 0) is 0 Å². The van der Waals surface area contributed by atoms with Gasteiger partial charge in [0.05, 0.1) is 16.6 Å². The molecule has 52 heavy (non-hydrogen) atoms. The zero-order chi connectivity index (χ0) is 34.8. The Morgan fingerprint density at radius 1 is 0.712 bits per heavy atom. The molecule has 0 amide bonds. The van der Waals surface area contributed by atoms with Crippen molar-refractivity contribution in [1.29, 1.82) is 0 Å². The van der Waals surface area contributed by atoms with E-state index in [1.54, 1.807) is 0 Å². The van der Waals surface area contributed by atoms with Crippen LogP contribution in [0.25, 0.3) is 65.8 Å². The van der Waals surface area contributed by atoms with E-state index in [9.17, 15) is 0 Å². The molecule has 0 bridgehead atoms. The summed E-state index contributed by atoms with van der Waals surface area (Å²) in [6.45, 7) is 6.53. The predicted molar refractivity (Wildman–Crippen MR) is 221 cm³/mol. The van der Waals surface area contributed by atoms with Crippen LogP contribution in [0.1, 0.15) is 30.0 Å². The van der Waals surface area contributed by atoms with E-state index in [1.165, 1.54) is 65.3 Å². The Labute approximate surface area is 302 Å². The number of imidazole rings is 1. The number of nitrogens with zero attached hydrogens (tertiary/aromatic N) is 2. The molecule has 2 heterocycles. The molecule has 2 aromatic heterocycles. The minimum atomic E-state index is 0.197. The maximum Gasteiger partial charge on any atom is 0.146 e. The summed E-state index contributed by atoms with van der Waals surface area (Å²) >= 11 is 0. The standard InChI is InChI=1S/C50H36N2/c1-3-4-5-14-32(2)34-25-27-41-44(30-34)49(40-19-9-8-18-39(40)48(41)36-24-23-33-15-6-7-16-35(33)29-36)37-26-28-42-43(31-37)38-17-10-12-21-46(38)52-47-22-13-11-20-45(47)51-50(42)52/h3-18,20-31,40H,2,19H2,1H3/b4-3-,14-5-. The van der Waals surface area contributed by atoms with Crippen molar-refractivity contribution in [2.24, 2.45) is 5.92 Å². The van der Waals surface area contributed by atoms with E-state index < -0.39 is 0 Å². The van der Waals surface area contributed by atoms with E-state index in [-0.39, 0.29) is 5.92 Å². The number of aromatic nitrogens is 2. The van der Waals surface area contributed by atoms with E-state index in [1.807, 2.05) is 13.0 Å². The largest absolute Gasteiger partial charge is 0.292 e. The average Bonchev–Trinajstić information content (AvgIpc) is 3.59. The molecule has 0 spiro atoms. The molecule has 0 saturated carbocycles. The molecule has 0 saturated heterocycles. The smallest absolute Gasteiger partial charge is 0.146 e. The van der Waals surface area contributed by atoms with Gasteiger partial charge in [-0.3, -0.25) is 4.40 Å². The molecule has 2 aliphatic rings. The van der Waals surface area contributed by atoms with Gasteiger partial charge in [-0.2, -0.15) is 0 Å². The van der Waals surface area contributed by atoms with Crippen molar-refractivity contribution >= 4 is 65.8 Å². The van der Waals surface area contributed by atoms with Crippen LogP contribution in [0.2, 0.25) is 0 Å². The fourth-order valence-corrected chi connectivity index (χ4v) is 8.57. The van der Waals surface area contributed by atoms with Crippen LogP contribution in [0.5, 0.6) is 0 Å². The quantitative estimate of drug-likeness (QED) is 0.132. The Kier molecular flexibility index (Phi) is 7.04. The summed E-state index contributed by atoms with van der Waals surface area (Å²) in [5, 5.41) is 8.66. The molecule has 2 aliphatic carbocycles. The summed E-state index contributed by atoms with van der Waals surface area (Å²) in [7, 11) is 0. The van der Waals surface area contributed by atoms with E-state index in [2.05, 4.69) is 175 Å². The molecule has 8 aromatic rings. The highest BCUT2D eigenvalue weighted by atomic mass is 15.0. The number of para-hydroxylation sites is 3. The topological polar surface area (TPSA) is 17.3 Å². The SMILES string of the molecule is C=C(/C=C\C=C/C)c1ccc2c(c1)=C(c1ccc3c(c1)c1ccccc1n1c4ccccc4nc31)C1CC=CC=C1C=2c1ccc2ccccc2c1. The fraction of sp³-hybridized carbons (Fsp3) is 0.0600. The van der Waals surface area contributed by atoms with Crippen molar-refractivity contribution in [3.63, 3.8) is 0 Å². The Morgan fingerprint density at radius 3 is 2.42 bits per heavy atom. The molecule has 10 rings (SSSR count). The highest BCUT2D eigenvalue weighted by molar-refractivity contribution is 6.14.